The van der Waals surface area contributed by atoms with E-state index in [1.165, 1.54) is 12.8 Å². The van der Waals surface area contributed by atoms with Crippen molar-refractivity contribution in [1.82, 2.24) is 4.90 Å². The van der Waals surface area contributed by atoms with Crippen molar-refractivity contribution in [2.75, 3.05) is 20.1 Å². The quantitative estimate of drug-likeness (QED) is 0.572. The average Bonchev–Trinajstić information content (AvgIpc) is 2.04. The highest BCUT2D eigenvalue weighted by molar-refractivity contribution is 5.73. The highest BCUT2D eigenvalue weighted by atomic mass is 16.4. The summed E-state index contributed by atoms with van der Waals surface area (Å²) < 4.78 is 0. The van der Waals surface area contributed by atoms with Crippen LogP contribution in [0.1, 0.15) is 26.2 Å². The van der Waals surface area contributed by atoms with Crippen molar-refractivity contribution in [2.45, 2.75) is 32.2 Å². The van der Waals surface area contributed by atoms with Crippen LogP contribution in [-0.4, -0.2) is 42.2 Å². The number of hydrogen-bond donors (Lipinski definition) is 2. The molecule has 13 heavy (non-hydrogen) atoms. The maximum Gasteiger partial charge on any atom is 0.321 e. The summed E-state index contributed by atoms with van der Waals surface area (Å²) in [6, 6.07) is -0.758. The Morgan fingerprint density at radius 2 is 2.15 bits per heavy atom. The van der Waals surface area contributed by atoms with E-state index in [9.17, 15) is 4.79 Å². The van der Waals surface area contributed by atoms with Crippen LogP contribution in [0, 0.1) is 0 Å². The molecule has 1 unspecified atom stereocenters. The molecule has 0 aromatic heterocycles. The van der Waals surface area contributed by atoms with Gasteiger partial charge in [0, 0.05) is 6.54 Å². The van der Waals surface area contributed by atoms with Crippen LogP contribution < -0.4 is 5.73 Å². The van der Waals surface area contributed by atoms with Crippen molar-refractivity contribution < 1.29 is 9.90 Å². The van der Waals surface area contributed by atoms with Gasteiger partial charge in [0.15, 0.2) is 0 Å². The summed E-state index contributed by atoms with van der Waals surface area (Å²) in [6.07, 6.45) is 3.48. The van der Waals surface area contributed by atoms with E-state index in [0.29, 0.717) is 6.54 Å². The Morgan fingerprint density at radius 3 is 2.62 bits per heavy atom. The molecule has 0 aromatic rings. The van der Waals surface area contributed by atoms with Crippen molar-refractivity contribution in [3.05, 3.63) is 0 Å². The van der Waals surface area contributed by atoms with E-state index >= 15 is 0 Å². The largest absolute Gasteiger partial charge is 0.480 e. The Balaban J connectivity index is 3.49. The van der Waals surface area contributed by atoms with E-state index in [-0.39, 0.29) is 0 Å². The molecule has 0 aliphatic heterocycles. The minimum atomic E-state index is -0.928. The highest BCUT2D eigenvalue weighted by Gasteiger charge is 2.13. The van der Waals surface area contributed by atoms with Gasteiger partial charge in [-0.25, -0.2) is 0 Å². The summed E-state index contributed by atoms with van der Waals surface area (Å²) in [5, 5.41) is 8.55. The van der Waals surface area contributed by atoms with Crippen molar-refractivity contribution >= 4 is 5.97 Å². The Labute approximate surface area is 79.7 Å². The lowest BCUT2D eigenvalue weighted by molar-refractivity contribution is -0.138. The van der Waals surface area contributed by atoms with Gasteiger partial charge in [-0.3, -0.25) is 4.79 Å². The molecular weight excluding hydrogens is 168 g/mol. The minimum Gasteiger partial charge on any atom is -0.480 e. The fourth-order valence-corrected chi connectivity index (χ4v) is 1.14. The van der Waals surface area contributed by atoms with Gasteiger partial charge in [-0.15, -0.1) is 0 Å². The molecule has 78 valence electrons. The third-order valence-corrected chi connectivity index (χ3v) is 1.97. The summed E-state index contributed by atoms with van der Waals surface area (Å²) in [5.41, 5.74) is 5.38. The molecule has 0 rings (SSSR count). The zero-order valence-corrected chi connectivity index (χ0v) is 8.49. The maximum absolute atomic E-state index is 10.4. The van der Waals surface area contributed by atoms with E-state index in [0.717, 1.165) is 13.0 Å². The van der Waals surface area contributed by atoms with Crippen LogP contribution in [0.4, 0.5) is 0 Å². The third-order valence-electron chi connectivity index (χ3n) is 1.97. The molecule has 3 N–H and O–H groups in total. The lowest BCUT2D eigenvalue weighted by atomic mass is 10.2. The number of nitrogens with zero attached hydrogens (tertiary/aromatic N) is 1. The maximum atomic E-state index is 10.4. The van der Waals surface area contributed by atoms with Gasteiger partial charge >= 0.3 is 5.97 Å². The van der Waals surface area contributed by atoms with E-state index < -0.39 is 12.0 Å². The molecule has 0 aromatic carbocycles. The molecule has 0 saturated carbocycles. The van der Waals surface area contributed by atoms with Gasteiger partial charge in [0.2, 0.25) is 0 Å². The van der Waals surface area contributed by atoms with Crippen LogP contribution in [0.3, 0.4) is 0 Å². The first-order chi connectivity index (χ1) is 6.07. The highest BCUT2D eigenvalue weighted by Crippen LogP contribution is 1.96. The first-order valence-electron chi connectivity index (χ1n) is 4.74. The number of hydrogen-bond acceptors (Lipinski definition) is 3. The van der Waals surface area contributed by atoms with Crippen LogP contribution in [-0.2, 0) is 4.79 Å². The number of aliphatic carboxylic acids is 1. The SMILES string of the molecule is CCCCCN(C)CC(N)C(=O)O. The second kappa shape index (κ2) is 6.86. The lowest BCUT2D eigenvalue weighted by Crippen LogP contribution is -2.41. The molecule has 0 bridgehead atoms. The Kier molecular flexibility index (Phi) is 6.54. The number of carboxylic acids is 1. The molecular formula is C9H20N2O2. The van der Waals surface area contributed by atoms with Crippen molar-refractivity contribution in [3.63, 3.8) is 0 Å². The van der Waals surface area contributed by atoms with Gasteiger partial charge in [0.05, 0.1) is 0 Å². The normalized spacial score (nSPS) is 13.2. The fraction of sp³-hybridized carbons (Fsp3) is 0.889. The number of nitrogens with two attached hydrogens (primary N) is 1. The molecule has 4 heteroatoms. The van der Waals surface area contributed by atoms with Crippen molar-refractivity contribution in [2.24, 2.45) is 5.73 Å². The molecule has 0 amide bonds. The second-order valence-corrected chi connectivity index (χ2v) is 3.41. The van der Waals surface area contributed by atoms with E-state index in [1.807, 2.05) is 11.9 Å². The number of carbonyl (C=O) groups is 1. The molecule has 0 radical (unpaired) electrons. The van der Waals surface area contributed by atoms with E-state index in [4.69, 9.17) is 10.8 Å². The van der Waals surface area contributed by atoms with Gasteiger partial charge < -0.3 is 15.7 Å². The topological polar surface area (TPSA) is 66.6 Å². The fourth-order valence-electron chi connectivity index (χ4n) is 1.14. The number of likely N-dealkylation sites (N-methyl/N-ethyl adjacent to an activating group) is 1. The zero-order valence-electron chi connectivity index (χ0n) is 8.49. The first-order valence-corrected chi connectivity index (χ1v) is 4.74. The van der Waals surface area contributed by atoms with Crippen LogP contribution in [0.2, 0.25) is 0 Å². The van der Waals surface area contributed by atoms with Gasteiger partial charge in [0.1, 0.15) is 6.04 Å². The molecule has 4 nitrogen and oxygen atoms in total. The van der Waals surface area contributed by atoms with E-state index in [1.54, 1.807) is 0 Å². The molecule has 0 fully saturated rings. The predicted octanol–water partition coefficient (Wildman–Crippen LogP) is 0.520. The van der Waals surface area contributed by atoms with Gasteiger partial charge in [-0.1, -0.05) is 19.8 Å². The Hall–Kier alpha value is -0.610. The van der Waals surface area contributed by atoms with E-state index in [2.05, 4.69) is 6.92 Å². The minimum absolute atomic E-state index is 0.430. The van der Waals surface area contributed by atoms with Gasteiger partial charge in [-0.05, 0) is 20.0 Å². The summed E-state index contributed by atoms with van der Waals surface area (Å²) in [5.74, 6) is -0.928. The van der Waals surface area contributed by atoms with Crippen molar-refractivity contribution in [1.29, 1.82) is 0 Å². The predicted molar refractivity (Wildman–Crippen MR) is 52.6 cm³/mol. The number of carboxylic acid groups (broad SMARTS) is 1. The van der Waals surface area contributed by atoms with Crippen LogP contribution in [0.5, 0.6) is 0 Å². The van der Waals surface area contributed by atoms with Crippen LogP contribution in [0.25, 0.3) is 0 Å². The van der Waals surface area contributed by atoms with Gasteiger partial charge in [-0.2, -0.15) is 0 Å². The third kappa shape index (κ3) is 6.54. The molecule has 0 aliphatic rings. The summed E-state index contributed by atoms with van der Waals surface area (Å²) in [6.45, 7) is 3.50. The Bertz CT molecular complexity index is 151. The zero-order chi connectivity index (χ0) is 10.3. The van der Waals surface area contributed by atoms with Gasteiger partial charge in [0.25, 0.3) is 0 Å². The summed E-state index contributed by atoms with van der Waals surface area (Å²) in [7, 11) is 1.90. The number of unbranched alkanes of at least 4 members (excludes halogenated alkanes) is 2. The summed E-state index contributed by atoms with van der Waals surface area (Å²) >= 11 is 0. The van der Waals surface area contributed by atoms with Crippen molar-refractivity contribution in [3.8, 4) is 0 Å². The monoisotopic (exact) mass is 188 g/mol. The molecule has 0 spiro atoms. The lowest BCUT2D eigenvalue weighted by Gasteiger charge is -2.18. The van der Waals surface area contributed by atoms with Crippen LogP contribution in [0.15, 0.2) is 0 Å². The van der Waals surface area contributed by atoms with Crippen LogP contribution >= 0.6 is 0 Å². The molecule has 0 heterocycles. The summed E-state index contributed by atoms with van der Waals surface area (Å²) in [4.78, 5) is 12.4. The second-order valence-electron chi connectivity index (χ2n) is 3.41. The molecule has 0 aliphatic carbocycles. The molecule has 0 saturated heterocycles. The standard InChI is InChI=1S/C9H20N2O2/c1-3-4-5-6-11(2)7-8(10)9(12)13/h8H,3-7,10H2,1-2H3,(H,12,13). The Morgan fingerprint density at radius 1 is 1.54 bits per heavy atom. The molecule has 1 atom stereocenters. The first kappa shape index (κ1) is 12.4. The average molecular weight is 188 g/mol. The smallest absolute Gasteiger partial charge is 0.321 e. The number of rotatable bonds is 7.